The van der Waals surface area contributed by atoms with Crippen LogP contribution in [0, 0.1) is 0 Å². The quantitative estimate of drug-likeness (QED) is 0.705. The summed E-state index contributed by atoms with van der Waals surface area (Å²) in [5.41, 5.74) is 2.01. The van der Waals surface area contributed by atoms with Gasteiger partial charge in [0.2, 0.25) is 0 Å². The molecule has 1 aliphatic rings. The molecule has 0 N–H and O–H groups in total. The van der Waals surface area contributed by atoms with Crippen molar-refractivity contribution in [3.8, 4) is 0 Å². The molecule has 0 fully saturated rings. The van der Waals surface area contributed by atoms with Gasteiger partial charge < -0.3 is 0 Å². The summed E-state index contributed by atoms with van der Waals surface area (Å²) in [6, 6.07) is 9.86. The van der Waals surface area contributed by atoms with E-state index in [1.165, 1.54) is 0 Å². The minimum atomic E-state index is 0.237. The molecule has 0 saturated heterocycles. The van der Waals surface area contributed by atoms with E-state index in [-0.39, 0.29) is 5.78 Å². The number of ketones is 1. The van der Waals surface area contributed by atoms with E-state index in [1.807, 2.05) is 48.6 Å². The van der Waals surface area contributed by atoms with E-state index in [0.717, 1.165) is 17.6 Å². The summed E-state index contributed by atoms with van der Waals surface area (Å²) in [6.07, 6.45) is 7.18. The van der Waals surface area contributed by atoms with E-state index in [1.54, 1.807) is 0 Å². The average Bonchev–Trinajstić information content (AvgIpc) is 2.72. The van der Waals surface area contributed by atoms with Crippen molar-refractivity contribution < 1.29 is 4.79 Å². The smallest absolute Gasteiger partial charge is 0.163 e. The number of carbonyl (C=O) groups is 1. The van der Waals surface area contributed by atoms with Crippen molar-refractivity contribution in [2.75, 3.05) is 0 Å². The van der Waals surface area contributed by atoms with Crippen LogP contribution in [0.25, 0.3) is 0 Å². The molecule has 0 bridgehead atoms. The van der Waals surface area contributed by atoms with Crippen LogP contribution in [0.4, 0.5) is 0 Å². The zero-order valence-electron chi connectivity index (χ0n) is 7.94. The first-order chi connectivity index (χ1) is 6.86. The maximum Gasteiger partial charge on any atom is 0.163 e. The molecule has 1 aromatic rings. The molecule has 0 aromatic heterocycles. The largest absolute Gasteiger partial charge is 0.294 e. The lowest BCUT2D eigenvalue weighted by atomic mass is 10.0. The van der Waals surface area contributed by atoms with Gasteiger partial charge in [0.25, 0.3) is 0 Å². The van der Waals surface area contributed by atoms with Crippen molar-refractivity contribution in [2.24, 2.45) is 0 Å². The van der Waals surface area contributed by atoms with E-state index in [4.69, 9.17) is 0 Å². The number of hydrogen-bond acceptors (Lipinski definition) is 1. The van der Waals surface area contributed by atoms with Crippen LogP contribution in [-0.2, 0) is 11.2 Å². The molecule has 0 aliphatic heterocycles. The summed E-state index contributed by atoms with van der Waals surface area (Å²) in [6.45, 7) is 0. The van der Waals surface area contributed by atoms with Gasteiger partial charge >= 0.3 is 0 Å². The molecule has 70 valence electrons. The molecule has 0 radical (unpaired) electrons. The Labute approximate surface area is 83.8 Å². The number of hydrogen-bond donors (Lipinski definition) is 0. The van der Waals surface area contributed by atoms with E-state index >= 15 is 0 Å². The molecule has 0 saturated carbocycles. The summed E-state index contributed by atoms with van der Waals surface area (Å²) in [5, 5.41) is 0. The summed E-state index contributed by atoms with van der Waals surface area (Å²) in [7, 11) is 0. The predicted octanol–water partition coefficient (Wildman–Crippen LogP) is 2.68. The van der Waals surface area contributed by atoms with Gasteiger partial charge in [-0.3, -0.25) is 4.79 Å². The molecular weight excluding hydrogens is 172 g/mol. The van der Waals surface area contributed by atoms with Crippen molar-refractivity contribution in [3.63, 3.8) is 0 Å². The van der Waals surface area contributed by atoms with Crippen LogP contribution in [0.2, 0.25) is 0 Å². The molecule has 0 amide bonds. The molecule has 1 nitrogen and oxygen atoms in total. The van der Waals surface area contributed by atoms with Crippen molar-refractivity contribution in [1.29, 1.82) is 0 Å². The van der Waals surface area contributed by atoms with E-state index in [9.17, 15) is 4.79 Å². The van der Waals surface area contributed by atoms with Crippen molar-refractivity contribution >= 4 is 5.78 Å². The van der Waals surface area contributed by atoms with Crippen molar-refractivity contribution in [3.05, 3.63) is 59.7 Å². The van der Waals surface area contributed by atoms with Crippen LogP contribution < -0.4 is 0 Å². The standard InChI is InChI=1S/C13H12O/c14-13(12-8-4-5-9-12)10-11-6-2-1-3-7-11/h1-8H,9-10H2. The van der Waals surface area contributed by atoms with Gasteiger partial charge in [0.1, 0.15) is 0 Å². The van der Waals surface area contributed by atoms with Crippen LogP contribution in [0.1, 0.15) is 12.0 Å². The topological polar surface area (TPSA) is 17.1 Å². The SMILES string of the molecule is O=C(Cc1ccccc1)C1=CC=CC1. The number of Topliss-reactive ketones (excluding diaryl/α,β-unsaturated/α-hetero) is 1. The fourth-order valence-corrected chi connectivity index (χ4v) is 1.55. The van der Waals surface area contributed by atoms with E-state index in [0.29, 0.717) is 6.42 Å². The van der Waals surface area contributed by atoms with Gasteiger partial charge in [-0.1, -0.05) is 48.6 Å². The summed E-state index contributed by atoms with van der Waals surface area (Å²) < 4.78 is 0. The molecular formula is C13H12O. The van der Waals surface area contributed by atoms with E-state index in [2.05, 4.69) is 0 Å². The molecule has 0 unspecified atom stereocenters. The Morgan fingerprint density at radius 2 is 2.00 bits per heavy atom. The highest BCUT2D eigenvalue weighted by molar-refractivity contribution is 5.97. The van der Waals surface area contributed by atoms with Gasteiger partial charge in [-0.25, -0.2) is 0 Å². The average molecular weight is 184 g/mol. The minimum Gasteiger partial charge on any atom is -0.294 e. The highest BCUT2D eigenvalue weighted by Gasteiger charge is 2.10. The Bertz CT molecular complexity index is 385. The van der Waals surface area contributed by atoms with E-state index < -0.39 is 0 Å². The molecule has 2 rings (SSSR count). The van der Waals surface area contributed by atoms with Crippen molar-refractivity contribution in [2.45, 2.75) is 12.8 Å². The maximum atomic E-state index is 11.7. The molecule has 1 heteroatoms. The molecule has 0 atom stereocenters. The molecule has 1 aromatic carbocycles. The molecule has 0 spiro atoms. The van der Waals surface area contributed by atoms with Gasteiger partial charge in [-0.15, -0.1) is 0 Å². The number of carbonyl (C=O) groups excluding carboxylic acids is 1. The van der Waals surface area contributed by atoms with Crippen LogP contribution in [0.15, 0.2) is 54.1 Å². The van der Waals surface area contributed by atoms with Crippen LogP contribution in [0.5, 0.6) is 0 Å². The second-order valence-corrected chi connectivity index (χ2v) is 3.41. The monoisotopic (exact) mass is 184 g/mol. The molecule has 0 heterocycles. The van der Waals surface area contributed by atoms with Crippen LogP contribution >= 0.6 is 0 Å². The third-order valence-electron chi connectivity index (χ3n) is 2.34. The lowest BCUT2D eigenvalue weighted by Crippen LogP contribution is -2.04. The fraction of sp³-hybridized carbons (Fsp3) is 0.154. The van der Waals surface area contributed by atoms with Gasteiger partial charge in [-0.05, 0) is 17.6 Å². The highest BCUT2D eigenvalue weighted by atomic mass is 16.1. The van der Waals surface area contributed by atoms with Crippen LogP contribution in [0.3, 0.4) is 0 Å². The first-order valence-corrected chi connectivity index (χ1v) is 4.79. The first kappa shape index (κ1) is 8.95. The van der Waals surface area contributed by atoms with Gasteiger partial charge in [-0.2, -0.15) is 0 Å². The van der Waals surface area contributed by atoms with Gasteiger partial charge in [0.05, 0.1) is 0 Å². The van der Waals surface area contributed by atoms with Gasteiger partial charge in [0, 0.05) is 6.42 Å². The normalized spacial score (nSPS) is 14.1. The first-order valence-electron chi connectivity index (χ1n) is 4.79. The highest BCUT2D eigenvalue weighted by Crippen LogP contribution is 2.14. The Hall–Kier alpha value is -1.63. The summed E-state index contributed by atoms with van der Waals surface area (Å²) in [4.78, 5) is 11.7. The number of benzene rings is 1. The number of allylic oxidation sites excluding steroid dienone is 4. The lowest BCUT2D eigenvalue weighted by molar-refractivity contribution is -0.115. The minimum absolute atomic E-state index is 0.237. The third-order valence-corrected chi connectivity index (χ3v) is 2.34. The molecule has 1 aliphatic carbocycles. The third kappa shape index (κ3) is 1.99. The Kier molecular flexibility index (Phi) is 2.59. The fourth-order valence-electron chi connectivity index (χ4n) is 1.55. The number of rotatable bonds is 3. The Balaban J connectivity index is 2.02. The maximum absolute atomic E-state index is 11.7. The molecule has 14 heavy (non-hydrogen) atoms. The van der Waals surface area contributed by atoms with Crippen molar-refractivity contribution in [1.82, 2.24) is 0 Å². The van der Waals surface area contributed by atoms with Crippen LogP contribution in [-0.4, -0.2) is 5.78 Å². The lowest BCUT2D eigenvalue weighted by Gasteiger charge is -2.01. The zero-order valence-corrected chi connectivity index (χ0v) is 7.94. The summed E-state index contributed by atoms with van der Waals surface area (Å²) >= 11 is 0. The Morgan fingerprint density at radius 3 is 2.64 bits per heavy atom. The summed E-state index contributed by atoms with van der Waals surface area (Å²) in [5.74, 6) is 0.237. The second kappa shape index (κ2) is 4.05. The van der Waals surface area contributed by atoms with Gasteiger partial charge in [0.15, 0.2) is 5.78 Å². The second-order valence-electron chi connectivity index (χ2n) is 3.41. The predicted molar refractivity (Wildman–Crippen MR) is 57.0 cm³/mol. The zero-order chi connectivity index (χ0) is 9.80. The Morgan fingerprint density at radius 1 is 1.21 bits per heavy atom.